The van der Waals surface area contributed by atoms with E-state index in [1.807, 2.05) is 0 Å². The standard InChI is InChI=1S/51CH4.FH2N.H3I.H2/c;;;;;;;;;;;;;;;;;;;;;;;;;;;;;;;;;;;;;;;;;;;;;;;;;;;1-2;;/h51*1H4;2H2;1H3;1H/i1D;;;;;;;;;;;;;;;;;;;;;;;;;;;;;;;;;;;;;;;;;;;;;;;;;;;;1T3;1+1D. The number of hydrogen-bond donors (Lipinski definition) is 1. The maximum atomic E-state index is 9.00. The van der Waals surface area contributed by atoms with Gasteiger partial charge in [-0.05, 0) is 0 Å². The van der Waals surface area contributed by atoms with Gasteiger partial charge < -0.3 is 0 Å². The van der Waals surface area contributed by atoms with Gasteiger partial charge in [-0.3, -0.25) is 0 Å². The van der Waals surface area contributed by atoms with Crippen LogP contribution < -0.4 is 5.96 Å². The summed E-state index contributed by atoms with van der Waals surface area (Å²) in [6, 6.07) is 0. The molecule has 0 unspecified atom stereocenters. The van der Waals surface area contributed by atoms with Crippen molar-refractivity contribution in [1.82, 2.24) is 0 Å². The summed E-state index contributed by atoms with van der Waals surface area (Å²) in [4.78, 5) is 0. The van der Waals surface area contributed by atoms with E-state index in [0.29, 0.717) is 0 Å². The minimum absolute atomic E-state index is 0. The molecular weight excluding hydrogens is 772 g/mol. The summed E-state index contributed by atoms with van der Waals surface area (Å²) in [5.74, 6) is 3.00. The Morgan fingerprint density at radius 2 is 0.222 bits per heavy atom. The van der Waals surface area contributed by atoms with Crippen molar-refractivity contribution in [2.75, 3.05) is 0 Å². The first-order valence-corrected chi connectivity index (χ1v) is 0.218. The maximum absolute atomic E-state index is 9.00. The molecule has 0 fully saturated rings. The van der Waals surface area contributed by atoms with Gasteiger partial charge in [-0.2, -0.15) is 5.96 Å². The van der Waals surface area contributed by atoms with Crippen LogP contribution in [0.2, 0.25) is 0 Å². The van der Waals surface area contributed by atoms with Crippen molar-refractivity contribution in [2.45, 2.75) is 379 Å². The zero-order chi connectivity index (χ0) is 9.58. The zero-order valence-electron chi connectivity index (χ0n) is 8.33. The summed E-state index contributed by atoms with van der Waals surface area (Å²) in [6.45, 7) is 0. The van der Waals surface area contributed by atoms with Gasteiger partial charge in [0.25, 0.3) is 0 Å². The van der Waals surface area contributed by atoms with E-state index in [4.69, 9.17) is 10.6 Å². The molecule has 0 heterocycles. The molecule has 0 bridgehead atoms. The molecule has 0 aliphatic heterocycles. The molecule has 0 aliphatic carbocycles. The van der Waals surface area contributed by atoms with Gasteiger partial charge in [-0.25, -0.2) is 0 Å². The van der Waals surface area contributed by atoms with Gasteiger partial charge >= 0.3 is 25.2 Å². The number of rotatable bonds is 0. The quantitative estimate of drug-likeness (QED) is 0.190. The van der Waals surface area contributed by atoms with E-state index in [9.17, 15) is 0 Å². The Balaban J connectivity index is -0.000000000121. The summed E-state index contributed by atoms with van der Waals surface area (Å²) < 4.78 is 43.0. The Morgan fingerprint density at radius 1 is 0.222 bits per heavy atom. The van der Waals surface area contributed by atoms with Crippen LogP contribution in [0.4, 0.5) is 4.48 Å². The minimum atomic E-state index is -2.51. The van der Waals surface area contributed by atoms with Crippen LogP contribution in [0.5, 0.6) is 0 Å². The first-order chi connectivity index (χ1) is 4.73. The fourth-order valence-corrected chi connectivity index (χ4v) is 0. The molecular formula is C51H211FIN. The first kappa shape index (κ1) is 3580. The predicted octanol–water partition coefficient (Wildman–Crippen LogP) is 32.6. The Hall–Kier alpha value is 0.620. The summed E-state index contributed by atoms with van der Waals surface area (Å²) in [7, 11) is 1.25. The second-order valence-electron chi connectivity index (χ2n) is 0. The normalized spacial score (nSPS) is 1.28. The van der Waals surface area contributed by atoms with Crippen molar-refractivity contribution < 1.29 is 8.82 Å². The van der Waals surface area contributed by atoms with Gasteiger partial charge in [0, 0.05) is 4.34 Å². The number of hydrogen-bond acceptors (Lipinski definition) is 1. The molecule has 0 spiro atoms. The van der Waals surface area contributed by atoms with Crippen LogP contribution in [-0.2, 0) is 0 Å². The van der Waals surface area contributed by atoms with E-state index in [2.05, 4.69) is 5.96 Å². The summed E-state index contributed by atoms with van der Waals surface area (Å²) >= 11 is -2.51. The molecule has 0 aromatic carbocycles. The van der Waals surface area contributed by atoms with Crippen LogP contribution in [0.1, 0.15) is 383 Å². The Morgan fingerprint density at radius 3 is 0.222 bits per heavy atom. The molecule has 0 amide bonds. The molecule has 3 heteroatoms. The molecule has 0 radical (unpaired) electrons. The molecule has 0 aromatic heterocycles. The van der Waals surface area contributed by atoms with Gasteiger partial charge in [0.15, 0.2) is 0 Å². The molecule has 0 saturated carbocycles. The van der Waals surface area contributed by atoms with Crippen LogP contribution in [0, 0.1) is 0 Å². The van der Waals surface area contributed by atoms with E-state index in [-0.39, 0.29) is 371 Å². The van der Waals surface area contributed by atoms with Crippen LogP contribution in [0.3, 0.4) is 0 Å². The van der Waals surface area contributed by atoms with Crippen molar-refractivity contribution in [3.63, 3.8) is 0 Å². The topological polar surface area (TPSA) is 26.0 Å². The number of nitrogens with two attached hydrogens (primary N) is 1. The molecule has 434 valence electrons. The van der Waals surface area contributed by atoms with Crippen molar-refractivity contribution in [3.8, 4) is 0 Å². The number of halogens is 2. The fraction of sp³-hybridized carbons (Fsp3) is 1.00. The van der Waals surface area contributed by atoms with E-state index in [0.717, 1.165) is 0 Å². The summed E-state index contributed by atoms with van der Waals surface area (Å²) in [5, 5.41) is 0. The third kappa shape index (κ3) is 365000. The summed E-state index contributed by atoms with van der Waals surface area (Å²) in [6.07, 6.45) is 0. The van der Waals surface area contributed by atoms with E-state index in [1.165, 1.54) is 7.40 Å². The van der Waals surface area contributed by atoms with Gasteiger partial charge in [0.2, 0.25) is 0 Å². The molecule has 1 nitrogen and oxygen atoms in total. The van der Waals surface area contributed by atoms with Crippen LogP contribution in [0.25, 0.3) is 0 Å². The van der Waals surface area contributed by atoms with Gasteiger partial charge in [-0.15, -0.1) is 4.48 Å². The Labute approximate surface area is 417 Å². The second-order valence-corrected chi connectivity index (χ2v) is 0. The SMILES string of the molecule is C.C.C.C.C.C.C.C.C.C.C.C.C.C.C.C.C.C.C.C.C.C.C.C.C.C.C.C.C.C.C.C.C.C.C.C.C.C.C.C.C.C.C.C.C.C.C.C.C.C.NF.[2H]C.[2H][2H].[3H]I([3H])[3H]. The van der Waals surface area contributed by atoms with Crippen molar-refractivity contribution in [2.24, 2.45) is 5.96 Å². The van der Waals surface area contributed by atoms with Gasteiger partial charge in [0.05, 0.1) is 0 Å². The molecule has 0 rings (SSSR count). The first-order valence-electron chi connectivity index (χ1n) is 3.35. The summed E-state index contributed by atoms with van der Waals surface area (Å²) in [5.41, 5.74) is 0. The van der Waals surface area contributed by atoms with E-state index >= 15 is 0 Å². The van der Waals surface area contributed by atoms with E-state index in [1.54, 1.807) is 0 Å². The average Bonchev–Trinajstić information content (AvgIpc) is 1.98. The fourth-order valence-electron chi connectivity index (χ4n) is 0. The third-order valence-electron chi connectivity index (χ3n) is 0. The van der Waals surface area contributed by atoms with Crippen LogP contribution in [-0.4, -0.2) is 1.78 Å². The van der Waals surface area contributed by atoms with Crippen molar-refractivity contribution >= 4 is 23.4 Å². The molecule has 0 aliphatic rings. The molecule has 0 aromatic rings. The Bertz CT molecular complexity index is 54.4. The average molecular weight is 994 g/mol. The van der Waals surface area contributed by atoms with Gasteiger partial charge in [0.1, 0.15) is 0 Å². The molecule has 54 heavy (non-hydrogen) atoms. The van der Waals surface area contributed by atoms with Crippen LogP contribution in [0.15, 0.2) is 0 Å². The van der Waals surface area contributed by atoms with Gasteiger partial charge in [-0.1, -0.05) is 379 Å². The zero-order valence-corrected chi connectivity index (χ0v) is 4.49. The van der Waals surface area contributed by atoms with E-state index < -0.39 is 23.4 Å². The molecule has 0 saturated heterocycles. The van der Waals surface area contributed by atoms with Crippen molar-refractivity contribution in [1.29, 1.82) is 1.78 Å². The monoisotopic (exact) mass is 994 g/mol. The molecule has 2 N–H and O–H groups in total. The van der Waals surface area contributed by atoms with Crippen LogP contribution >= 0.6 is 23.4 Å². The molecule has 0 atom stereocenters. The third-order valence-corrected chi connectivity index (χ3v) is 0. The second kappa shape index (κ2) is 386000. The Kier molecular flexibility index (Phi) is 25600000. The van der Waals surface area contributed by atoms with Crippen molar-refractivity contribution in [3.05, 3.63) is 0 Å². The predicted molar refractivity (Wildman–Crippen MR) is 369 cm³/mol.